The number of hydrogen-bond donors (Lipinski definition) is 0. The first-order valence-electron chi connectivity index (χ1n) is 9.19. The Labute approximate surface area is 180 Å². The summed E-state index contributed by atoms with van der Waals surface area (Å²) in [7, 11) is 0. The number of halogens is 2. The predicted molar refractivity (Wildman–Crippen MR) is 116 cm³/mol. The van der Waals surface area contributed by atoms with Crippen molar-refractivity contribution in [2.45, 2.75) is 45.7 Å². The van der Waals surface area contributed by atoms with Crippen molar-refractivity contribution in [3.05, 3.63) is 66.4 Å². The van der Waals surface area contributed by atoms with Crippen LogP contribution >= 0.6 is 31.9 Å². The van der Waals surface area contributed by atoms with Gasteiger partial charge in [0, 0.05) is 59.0 Å². The first kappa shape index (κ1) is 19.7. The van der Waals surface area contributed by atoms with Crippen LogP contribution in [0.4, 0.5) is 0 Å². The summed E-state index contributed by atoms with van der Waals surface area (Å²) >= 11 is 6.90. The monoisotopic (exact) mass is 505 g/mol. The molecule has 5 nitrogen and oxygen atoms in total. The molecule has 0 saturated heterocycles. The first-order chi connectivity index (χ1) is 13.2. The normalized spacial score (nSPS) is 15.0. The van der Waals surface area contributed by atoms with Crippen LogP contribution in [0.5, 0.6) is 0 Å². The molecule has 0 unspecified atom stereocenters. The molecular weight excluding hydrogens is 486 g/mol. The average Bonchev–Trinajstić information content (AvgIpc) is 2.63. The lowest BCUT2D eigenvalue weighted by molar-refractivity contribution is 0.240. The van der Waals surface area contributed by atoms with Crippen LogP contribution in [0.25, 0.3) is 11.0 Å². The molecule has 4 rings (SSSR count). The van der Waals surface area contributed by atoms with E-state index in [2.05, 4.69) is 62.5 Å². The highest BCUT2D eigenvalue weighted by Gasteiger charge is 2.23. The van der Waals surface area contributed by atoms with Crippen LogP contribution < -0.4 is 5.43 Å². The smallest absolute Gasteiger partial charge is 0.197 e. The van der Waals surface area contributed by atoms with Gasteiger partial charge >= 0.3 is 0 Å². The molecule has 2 aromatic heterocycles. The fourth-order valence-electron chi connectivity index (χ4n) is 3.43. The minimum atomic E-state index is -0.0568. The molecule has 0 atom stereocenters. The molecule has 7 heteroatoms. The zero-order valence-corrected chi connectivity index (χ0v) is 19.2. The van der Waals surface area contributed by atoms with Crippen molar-refractivity contribution in [1.82, 2.24) is 14.9 Å². The summed E-state index contributed by atoms with van der Waals surface area (Å²) in [6, 6.07) is 3.68. The van der Waals surface area contributed by atoms with E-state index in [9.17, 15) is 4.79 Å². The first-order valence-corrected chi connectivity index (χ1v) is 10.8. The largest absolute Gasteiger partial charge is 0.463 e. The number of benzene rings is 1. The number of aromatic nitrogens is 2. The Morgan fingerprint density at radius 2 is 2.04 bits per heavy atom. The number of nitrogens with zero attached hydrogens (tertiary/aromatic N) is 3. The van der Waals surface area contributed by atoms with E-state index >= 15 is 0 Å². The number of rotatable bonds is 2. The molecular formula is C21H21Br2N3O2. The van der Waals surface area contributed by atoms with Crippen LogP contribution in [0.3, 0.4) is 0 Å². The quantitative estimate of drug-likeness (QED) is 0.491. The van der Waals surface area contributed by atoms with Crippen LogP contribution in [0.1, 0.15) is 43.4 Å². The van der Waals surface area contributed by atoms with Crippen molar-refractivity contribution in [2.75, 3.05) is 6.54 Å². The molecule has 1 aromatic carbocycles. The van der Waals surface area contributed by atoms with Gasteiger partial charge in [-0.25, -0.2) is 9.97 Å². The van der Waals surface area contributed by atoms with Crippen LogP contribution in [-0.2, 0) is 24.9 Å². The average molecular weight is 507 g/mol. The maximum Gasteiger partial charge on any atom is 0.197 e. The summed E-state index contributed by atoms with van der Waals surface area (Å²) in [5.74, 6) is 0.881. The second kappa shape index (κ2) is 7.35. The summed E-state index contributed by atoms with van der Waals surface area (Å²) in [4.78, 5) is 24.5. The van der Waals surface area contributed by atoms with Crippen LogP contribution in [0.2, 0.25) is 0 Å². The van der Waals surface area contributed by atoms with Gasteiger partial charge in [0.05, 0.1) is 16.1 Å². The second-order valence-electron chi connectivity index (χ2n) is 8.23. The summed E-state index contributed by atoms with van der Waals surface area (Å²) in [5, 5.41) is 0.578. The van der Waals surface area contributed by atoms with Crippen molar-refractivity contribution in [3.63, 3.8) is 0 Å². The molecule has 0 saturated carbocycles. The Hall–Kier alpha value is -1.57. The van der Waals surface area contributed by atoms with Gasteiger partial charge < -0.3 is 4.42 Å². The molecule has 0 amide bonds. The summed E-state index contributed by atoms with van der Waals surface area (Å²) < 4.78 is 7.36. The maximum absolute atomic E-state index is 13.0. The lowest BCUT2D eigenvalue weighted by Crippen LogP contribution is -2.33. The second-order valence-corrected chi connectivity index (χ2v) is 10.0. The fourth-order valence-corrected chi connectivity index (χ4v) is 4.74. The van der Waals surface area contributed by atoms with Crippen molar-refractivity contribution >= 4 is 42.8 Å². The summed E-state index contributed by atoms with van der Waals surface area (Å²) in [6.07, 6.45) is 4.38. The Balaban J connectivity index is 1.60. The van der Waals surface area contributed by atoms with Crippen molar-refractivity contribution < 1.29 is 4.42 Å². The molecule has 0 fully saturated rings. The standard InChI is InChI=1S/C21H21Br2N3O2/c1-21(2,3)20-24-8-12-9-26(5-4-17(12)25-20)10-13-11-28-19-15(18(13)27)6-14(22)7-16(19)23/h6-8,11H,4-5,9-10H2,1-3H3. The highest BCUT2D eigenvalue weighted by molar-refractivity contribution is 9.11. The molecule has 0 N–H and O–H groups in total. The Kier molecular flexibility index (Phi) is 5.18. The van der Waals surface area contributed by atoms with Gasteiger partial charge in [-0.05, 0) is 28.1 Å². The van der Waals surface area contributed by atoms with E-state index in [1.165, 1.54) is 0 Å². The van der Waals surface area contributed by atoms with E-state index in [4.69, 9.17) is 9.40 Å². The zero-order valence-electron chi connectivity index (χ0n) is 16.1. The van der Waals surface area contributed by atoms with E-state index in [-0.39, 0.29) is 10.8 Å². The Bertz CT molecular complexity index is 1120. The third-order valence-corrected chi connectivity index (χ3v) is 5.99. The van der Waals surface area contributed by atoms with Gasteiger partial charge in [0.25, 0.3) is 0 Å². The highest BCUT2D eigenvalue weighted by Crippen LogP contribution is 2.28. The van der Waals surface area contributed by atoms with Gasteiger partial charge in [-0.3, -0.25) is 9.69 Å². The lowest BCUT2D eigenvalue weighted by Gasteiger charge is -2.28. The molecule has 3 aromatic rings. The van der Waals surface area contributed by atoms with Gasteiger partial charge in [-0.15, -0.1) is 0 Å². The highest BCUT2D eigenvalue weighted by atomic mass is 79.9. The molecule has 0 aliphatic carbocycles. The molecule has 1 aliphatic heterocycles. The van der Waals surface area contributed by atoms with Crippen molar-refractivity contribution in [1.29, 1.82) is 0 Å². The molecule has 1 aliphatic rings. The van der Waals surface area contributed by atoms with Gasteiger partial charge in [-0.1, -0.05) is 36.7 Å². The minimum absolute atomic E-state index is 0.00776. The Morgan fingerprint density at radius 3 is 2.79 bits per heavy atom. The van der Waals surface area contributed by atoms with Gasteiger partial charge in [0.15, 0.2) is 11.0 Å². The molecule has 0 bridgehead atoms. The summed E-state index contributed by atoms with van der Waals surface area (Å²) in [6.45, 7) is 8.51. The van der Waals surface area contributed by atoms with E-state index in [0.717, 1.165) is 45.5 Å². The van der Waals surface area contributed by atoms with Crippen LogP contribution in [0, 0.1) is 0 Å². The molecule has 28 heavy (non-hydrogen) atoms. The van der Waals surface area contributed by atoms with E-state index < -0.39 is 0 Å². The predicted octanol–water partition coefficient (Wildman–Crippen LogP) is 4.96. The molecule has 146 valence electrons. The van der Waals surface area contributed by atoms with E-state index in [0.29, 0.717) is 23.1 Å². The van der Waals surface area contributed by atoms with Crippen LogP contribution in [0.15, 0.2) is 42.7 Å². The van der Waals surface area contributed by atoms with E-state index in [1.807, 2.05) is 18.3 Å². The van der Waals surface area contributed by atoms with Gasteiger partial charge in [0.1, 0.15) is 5.82 Å². The number of fused-ring (bicyclic) bond motifs is 2. The molecule has 0 spiro atoms. The van der Waals surface area contributed by atoms with E-state index in [1.54, 1.807) is 6.26 Å². The van der Waals surface area contributed by atoms with Gasteiger partial charge in [-0.2, -0.15) is 0 Å². The summed E-state index contributed by atoms with van der Waals surface area (Å²) in [5.41, 5.74) is 3.44. The fraction of sp³-hybridized carbons (Fsp3) is 0.381. The minimum Gasteiger partial charge on any atom is -0.463 e. The van der Waals surface area contributed by atoms with Crippen LogP contribution in [-0.4, -0.2) is 21.4 Å². The van der Waals surface area contributed by atoms with Gasteiger partial charge in [0.2, 0.25) is 0 Å². The SMILES string of the molecule is CC(C)(C)c1ncc2c(n1)CCN(Cc1coc3c(Br)cc(Br)cc3c1=O)C2. The molecule has 0 radical (unpaired) electrons. The lowest BCUT2D eigenvalue weighted by atomic mass is 9.95. The topological polar surface area (TPSA) is 59.2 Å². The maximum atomic E-state index is 13.0. The third-order valence-electron chi connectivity index (χ3n) is 4.94. The van der Waals surface area contributed by atoms with Crippen molar-refractivity contribution in [2.24, 2.45) is 0 Å². The third kappa shape index (κ3) is 3.80. The molecule has 3 heterocycles. The zero-order chi connectivity index (χ0) is 20.1. The number of hydrogen-bond acceptors (Lipinski definition) is 5. The Morgan fingerprint density at radius 1 is 1.25 bits per heavy atom. The van der Waals surface area contributed by atoms with Crippen molar-refractivity contribution in [3.8, 4) is 0 Å².